The third-order valence-corrected chi connectivity index (χ3v) is 9.28. The van der Waals surface area contributed by atoms with Crippen LogP contribution >= 0.6 is 0 Å². The molecule has 0 amide bonds. The number of aliphatic hydroxyl groups is 2. The summed E-state index contributed by atoms with van der Waals surface area (Å²) in [4.78, 5) is 4.70. The van der Waals surface area contributed by atoms with Gasteiger partial charge in [-0.2, -0.15) is 0 Å². The fraction of sp³-hybridized carbons (Fsp3) is 0.400. The summed E-state index contributed by atoms with van der Waals surface area (Å²) in [6.07, 6.45) is 19.8. The Balaban J connectivity index is 1.82. The van der Waals surface area contributed by atoms with Gasteiger partial charge < -0.3 is 29.2 Å². The number of hydrogen-bond acceptors (Lipinski definition) is 8. The molecular weight excluding hydrogens is 604 g/mol. The number of rotatable bonds is 13. The number of fused-ring (bicyclic) bond motifs is 2. The van der Waals surface area contributed by atoms with Gasteiger partial charge in [-0.05, 0) is 120 Å². The van der Waals surface area contributed by atoms with Crippen molar-refractivity contribution in [2.75, 3.05) is 48.5 Å². The molecule has 0 fully saturated rings. The quantitative estimate of drug-likeness (QED) is 0.163. The van der Waals surface area contributed by atoms with Crippen LogP contribution in [0.4, 0.5) is 0 Å². The summed E-state index contributed by atoms with van der Waals surface area (Å²) in [7, 11) is 9.24. The third-order valence-electron chi connectivity index (χ3n) is 9.28. The van der Waals surface area contributed by atoms with Crippen LogP contribution in [0.2, 0.25) is 0 Å². The Morgan fingerprint density at radius 3 is 2.10 bits per heavy atom. The van der Waals surface area contributed by atoms with Gasteiger partial charge in [0.2, 0.25) is 5.75 Å². The number of benzene rings is 2. The summed E-state index contributed by atoms with van der Waals surface area (Å²) < 4.78 is 24.8. The van der Waals surface area contributed by atoms with Gasteiger partial charge in [0.1, 0.15) is 11.5 Å². The molecule has 0 saturated carbocycles. The van der Waals surface area contributed by atoms with Crippen molar-refractivity contribution in [3.63, 3.8) is 0 Å². The van der Waals surface area contributed by atoms with Crippen molar-refractivity contribution in [1.29, 1.82) is 0 Å². The zero-order valence-corrected chi connectivity index (χ0v) is 29.7. The summed E-state index contributed by atoms with van der Waals surface area (Å²) in [5, 5.41) is 20.1. The van der Waals surface area contributed by atoms with Crippen LogP contribution in [-0.2, 0) is 12.8 Å². The minimum absolute atomic E-state index is 0.0215. The molecule has 2 aliphatic heterocycles. The van der Waals surface area contributed by atoms with Crippen LogP contribution < -0.4 is 18.9 Å². The lowest BCUT2D eigenvalue weighted by Gasteiger charge is -2.37. The van der Waals surface area contributed by atoms with Crippen molar-refractivity contribution < 1.29 is 29.2 Å². The van der Waals surface area contributed by atoms with E-state index in [1.54, 1.807) is 45.6 Å². The van der Waals surface area contributed by atoms with Crippen molar-refractivity contribution in [3.05, 3.63) is 112 Å². The van der Waals surface area contributed by atoms with Crippen LogP contribution in [-0.4, -0.2) is 68.5 Å². The Labute approximate surface area is 286 Å². The third kappa shape index (κ3) is 8.35. The zero-order chi connectivity index (χ0) is 34.8. The summed E-state index contributed by atoms with van der Waals surface area (Å²) in [5.41, 5.74) is 5.70. The van der Waals surface area contributed by atoms with E-state index in [0.717, 1.165) is 49.1 Å². The number of ether oxygens (including phenoxy) is 4. The summed E-state index contributed by atoms with van der Waals surface area (Å²) in [6.45, 7) is 7.50. The van der Waals surface area contributed by atoms with Crippen LogP contribution in [0.15, 0.2) is 90.0 Å². The maximum absolute atomic E-state index is 10.1. The van der Waals surface area contributed by atoms with Crippen LogP contribution in [0.25, 0.3) is 0 Å². The topological polar surface area (TPSA) is 83.9 Å². The lowest BCUT2D eigenvalue weighted by atomic mass is 9.87. The van der Waals surface area contributed by atoms with Crippen molar-refractivity contribution in [2.24, 2.45) is 0 Å². The minimum atomic E-state index is -0.0215. The number of methoxy groups -OCH3 is 3. The Morgan fingerprint density at radius 2 is 1.46 bits per heavy atom. The summed E-state index contributed by atoms with van der Waals surface area (Å²) >= 11 is 0. The molecule has 258 valence electrons. The molecule has 0 radical (unpaired) electrons. The van der Waals surface area contributed by atoms with Gasteiger partial charge in [-0.15, -0.1) is 0 Å². The van der Waals surface area contributed by atoms with Gasteiger partial charge in [0.05, 0.1) is 21.3 Å². The molecule has 2 aliphatic rings. The molecule has 8 heteroatoms. The molecule has 2 aromatic rings. The second-order valence-electron chi connectivity index (χ2n) is 12.2. The first-order valence-corrected chi connectivity index (χ1v) is 16.6. The molecule has 0 bridgehead atoms. The van der Waals surface area contributed by atoms with E-state index in [1.165, 1.54) is 11.1 Å². The van der Waals surface area contributed by atoms with Gasteiger partial charge in [-0.3, -0.25) is 9.80 Å². The molecule has 48 heavy (non-hydrogen) atoms. The second kappa shape index (κ2) is 17.1. The predicted molar refractivity (Wildman–Crippen MR) is 194 cm³/mol. The molecule has 0 aliphatic carbocycles. The summed E-state index contributed by atoms with van der Waals surface area (Å²) in [6, 6.07) is 6.38. The maximum Gasteiger partial charge on any atom is 0.204 e. The average molecular weight is 657 g/mol. The molecule has 8 nitrogen and oxygen atoms in total. The lowest BCUT2D eigenvalue weighted by molar-refractivity contribution is 0.221. The molecule has 2 heterocycles. The summed E-state index contributed by atoms with van der Waals surface area (Å²) in [5.74, 6) is 3.48. The Hall–Kier alpha value is -4.40. The molecule has 2 N–H and O–H groups in total. The number of nitrogens with zero attached hydrogens (tertiary/aromatic N) is 2. The van der Waals surface area contributed by atoms with E-state index in [4.69, 9.17) is 18.9 Å². The lowest BCUT2D eigenvalue weighted by Crippen LogP contribution is -2.33. The fourth-order valence-corrected chi connectivity index (χ4v) is 6.52. The molecule has 2 aromatic carbocycles. The van der Waals surface area contributed by atoms with E-state index in [9.17, 15) is 10.2 Å². The van der Waals surface area contributed by atoms with Gasteiger partial charge >= 0.3 is 0 Å². The molecule has 0 unspecified atom stereocenters. The highest BCUT2D eigenvalue weighted by atomic mass is 16.5. The van der Waals surface area contributed by atoms with Gasteiger partial charge in [0.15, 0.2) is 23.0 Å². The van der Waals surface area contributed by atoms with E-state index < -0.39 is 0 Å². The first kappa shape index (κ1) is 36.4. The van der Waals surface area contributed by atoms with E-state index in [2.05, 4.69) is 54.2 Å². The normalized spacial score (nSPS) is 19.6. The molecular formula is C40H52N2O6. The average Bonchev–Trinajstić information content (AvgIpc) is 3.09. The number of allylic oxidation sites excluding steroid dienone is 8. The van der Waals surface area contributed by atoms with Crippen molar-refractivity contribution in [2.45, 2.75) is 58.5 Å². The zero-order valence-electron chi connectivity index (χ0n) is 29.7. The number of likely N-dealkylation sites (N-methyl/N-ethyl adjacent to an activating group) is 2. The highest BCUT2D eigenvalue weighted by Crippen LogP contribution is 2.52. The van der Waals surface area contributed by atoms with Gasteiger partial charge in [0, 0.05) is 30.7 Å². The SMILES string of the molecule is C\C=C/C(O)=C\C=C\C[C@H]1c2cc(Oc3c(OC)c(OC)cc4c3[C@@H](CC(/C=C\C(O)=C\C)=C/C)N(C)CC4)c(OC)cc2CCN1C. The minimum Gasteiger partial charge on any atom is -0.508 e. The molecule has 0 saturated heterocycles. The van der Waals surface area contributed by atoms with Crippen LogP contribution in [0.5, 0.6) is 28.7 Å². The Kier molecular flexibility index (Phi) is 13.0. The van der Waals surface area contributed by atoms with Crippen molar-refractivity contribution >= 4 is 0 Å². The first-order chi connectivity index (χ1) is 23.2. The molecule has 2 atom stereocenters. The fourth-order valence-electron chi connectivity index (χ4n) is 6.52. The number of hydrogen-bond donors (Lipinski definition) is 2. The van der Waals surface area contributed by atoms with Crippen LogP contribution in [0.1, 0.15) is 68.0 Å². The molecule has 0 spiro atoms. The van der Waals surface area contributed by atoms with Gasteiger partial charge in [-0.1, -0.05) is 36.0 Å². The van der Waals surface area contributed by atoms with Crippen molar-refractivity contribution in [3.8, 4) is 28.7 Å². The molecule has 0 aromatic heterocycles. The monoisotopic (exact) mass is 656 g/mol. The number of aliphatic hydroxyl groups excluding tert-OH is 2. The largest absolute Gasteiger partial charge is 0.508 e. The highest BCUT2D eigenvalue weighted by molar-refractivity contribution is 5.63. The smallest absolute Gasteiger partial charge is 0.204 e. The van der Waals surface area contributed by atoms with E-state index in [-0.39, 0.29) is 23.6 Å². The van der Waals surface area contributed by atoms with Crippen LogP contribution in [0, 0.1) is 0 Å². The maximum atomic E-state index is 10.1. The van der Waals surface area contributed by atoms with E-state index >= 15 is 0 Å². The molecule has 4 rings (SSSR count). The van der Waals surface area contributed by atoms with Crippen LogP contribution in [0.3, 0.4) is 0 Å². The van der Waals surface area contributed by atoms with Gasteiger partial charge in [-0.25, -0.2) is 0 Å². The van der Waals surface area contributed by atoms with E-state index in [1.807, 2.05) is 39.0 Å². The van der Waals surface area contributed by atoms with E-state index in [0.29, 0.717) is 35.2 Å². The van der Waals surface area contributed by atoms with Gasteiger partial charge in [0.25, 0.3) is 0 Å². The Bertz CT molecular complexity index is 1620. The van der Waals surface area contributed by atoms with Crippen molar-refractivity contribution in [1.82, 2.24) is 9.80 Å². The Morgan fingerprint density at radius 1 is 0.771 bits per heavy atom. The second-order valence-corrected chi connectivity index (χ2v) is 12.2. The standard InChI is InChI=1S/C40H52N2O6/c1-9-14-31(44)15-12-13-16-33-32-26-36(35(45-6)24-28(32)19-21-41(33)4)48-40-38-29(25-37(46-7)39(40)47-8)20-22-42(5)34(38)23-27(10-2)17-18-30(43)11-3/h9-15,17-18,24-26,33-34,43-44H,16,19-23H2,1-8H3/b13-12+,14-9-,18-17-,27-10+,30-11-,31-15+/t33-,34+/m0/s1. The predicted octanol–water partition coefficient (Wildman–Crippen LogP) is 8.88. The first-order valence-electron chi connectivity index (χ1n) is 16.6. The highest BCUT2D eigenvalue weighted by Gasteiger charge is 2.34.